The van der Waals surface area contributed by atoms with E-state index in [9.17, 15) is 9.59 Å². The molecule has 0 bridgehead atoms. The molecule has 31 heavy (non-hydrogen) atoms. The second-order valence-electron chi connectivity index (χ2n) is 8.53. The molecule has 0 unspecified atom stereocenters. The summed E-state index contributed by atoms with van der Waals surface area (Å²) in [6.07, 6.45) is 5.72. The topological polar surface area (TPSA) is 90.7 Å². The van der Waals surface area contributed by atoms with Crippen molar-refractivity contribution in [1.29, 1.82) is 0 Å². The van der Waals surface area contributed by atoms with Crippen LogP contribution in [-0.2, 0) is 16.0 Å². The van der Waals surface area contributed by atoms with Gasteiger partial charge in [0.25, 0.3) is 5.91 Å². The summed E-state index contributed by atoms with van der Waals surface area (Å²) in [6, 6.07) is 8.71. The third-order valence-electron chi connectivity index (χ3n) is 6.11. The maximum absolute atomic E-state index is 12.8. The number of rotatable bonds is 9. The molecule has 168 valence electrons. The standard InChI is InChI=1S/C23H33N5O2S/c1-2-28-22(30)19(31-23(28)20(24)21(29)26-18-9-10-18)15-25-17-7-5-16(6-8-17)11-14-27-12-3-4-13-27/h5-8,18-19,25H,2-4,9-15,24H2,1H3,(H,26,29)/b23-20+/t19-/m1/s1. The first kappa shape index (κ1) is 22.0. The van der Waals surface area contributed by atoms with E-state index in [1.165, 1.54) is 43.3 Å². The molecule has 4 N–H and O–H groups in total. The van der Waals surface area contributed by atoms with Crippen LogP contribution in [0, 0.1) is 0 Å². The molecule has 3 aliphatic rings. The number of carbonyl (C=O) groups excluding carboxylic acids is 2. The van der Waals surface area contributed by atoms with Crippen LogP contribution in [0.4, 0.5) is 5.69 Å². The van der Waals surface area contributed by atoms with Crippen LogP contribution >= 0.6 is 11.8 Å². The van der Waals surface area contributed by atoms with E-state index in [4.69, 9.17) is 5.73 Å². The fourth-order valence-corrected chi connectivity index (χ4v) is 5.27. The molecular formula is C23H33N5O2S. The highest BCUT2D eigenvalue weighted by Gasteiger charge is 2.38. The van der Waals surface area contributed by atoms with E-state index in [-0.39, 0.29) is 28.8 Å². The van der Waals surface area contributed by atoms with Crippen LogP contribution in [0.1, 0.15) is 38.2 Å². The van der Waals surface area contributed by atoms with Crippen molar-refractivity contribution < 1.29 is 9.59 Å². The number of anilines is 1. The second kappa shape index (κ2) is 9.96. The summed E-state index contributed by atoms with van der Waals surface area (Å²) in [6.45, 7) is 6.48. The average molecular weight is 444 g/mol. The summed E-state index contributed by atoms with van der Waals surface area (Å²) in [5.41, 5.74) is 8.60. The van der Waals surface area contributed by atoms with Gasteiger partial charge < -0.3 is 26.2 Å². The van der Waals surface area contributed by atoms with Gasteiger partial charge in [-0.05, 0) is 69.8 Å². The number of carbonyl (C=O) groups is 2. The lowest BCUT2D eigenvalue weighted by Crippen LogP contribution is -2.35. The first-order valence-electron chi connectivity index (χ1n) is 11.4. The van der Waals surface area contributed by atoms with Gasteiger partial charge >= 0.3 is 0 Å². The van der Waals surface area contributed by atoms with E-state index in [1.54, 1.807) is 4.90 Å². The van der Waals surface area contributed by atoms with E-state index in [1.807, 2.05) is 6.92 Å². The molecule has 2 aliphatic heterocycles. The van der Waals surface area contributed by atoms with Crippen molar-refractivity contribution in [2.24, 2.45) is 5.73 Å². The van der Waals surface area contributed by atoms with Gasteiger partial charge in [0.2, 0.25) is 5.91 Å². The maximum atomic E-state index is 12.8. The van der Waals surface area contributed by atoms with Crippen LogP contribution in [-0.4, -0.2) is 65.6 Å². The van der Waals surface area contributed by atoms with E-state index < -0.39 is 0 Å². The van der Waals surface area contributed by atoms with E-state index in [0.717, 1.165) is 31.5 Å². The van der Waals surface area contributed by atoms with Gasteiger partial charge in [0.15, 0.2) is 0 Å². The number of nitrogens with two attached hydrogens (primary N) is 1. The number of amides is 2. The number of thioether (sulfide) groups is 1. The minimum absolute atomic E-state index is 0.000551. The molecule has 0 aromatic heterocycles. The van der Waals surface area contributed by atoms with E-state index in [2.05, 4.69) is 39.8 Å². The van der Waals surface area contributed by atoms with Crippen molar-refractivity contribution in [3.05, 3.63) is 40.6 Å². The smallest absolute Gasteiger partial charge is 0.270 e. The highest BCUT2D eigenvalue weighted by atomic mass is 32.2. The molecule has 1 aliphatic carbocycles. The SMILES string of the molecule is CCN1C(=O)[C@@H](CNc2ccc(CCN3CCCC3)cc2)S/C1=C(/N)C(=O)NC1CC1. The fraction of sp³-hybridized carbons (Fsp3) is 0.565. The van der Waals surface area contributed by atoms with Crippen LogP contribution in [0.3, 0.4) is 0 Å². The summed E-state index contributed by atoms with van der Waals surface area (Å²) in [5, 5.41) is 6.56. The molecule has 4 rings (SSSR count). The van der Waals surface area contributed by atoms with Gasteiger partial charge in [0.1, 0.15) is 16.0 Å². The van der Waals surface area contributed by atoms with Crippen molar-refractivity contribution >= 4 is 29.3 Å². The average Bonchev–Trinajstić information content (AvgIpc) is 3.32. The van der Waals surface area contributed by atoms with Gasteiger partial charge in [-0.2, -0.15) is 0 Å². The summed E-state index contributed by atoms with van der Waals surface area (Å²) in [4.78, 5) is 29.3. The molecule has 2 saturated heterocycles. The van der Waals surface area contributed by atoms with Gasteiger partial charge in [-0.1, -0.05) is 23.9 Å². The first-order valence-corrected chi connectivity index (χ1v) is 12.3. The normalized spacial score (nSPS) is 23.3. The molecule has 1 aromatic carbocycles. The third kappa shape index (κ3) is 5.54. The van der Waals surface area contributed by atoms with Gasteiger partial charge in [0.05, 0.1) is 0 Å². The Bertz CT molecular complexity index is 831. The van der Waals surface area contributed by atoms with Crippen molar-refractivity contribution in [1.82, 2.24) is 15.1 Å². The predicted molar refractivity (Wildman–Crippen MR) is 125 cm³/mol. The zero-order valence-electron chi connectivity index (χ0n) is 18.2. The quantitative estimate of drug-likeness (QED) is 0.507. The van der Waals surface area contributed by atoms with Gasteiger partial charge in [0, 0.05) is 31.4 Å². The second-order valence-corrected chi connectivity index (χ2v) is 9.72. The number of nitrogens with zero attached hydrogens (tertiary/aromatic N) is 2. The Morgan fingerprint density at radius 3 is 2.55 bits per heavy atom. The maximum Gasteiger partial charge on any atom is 0.270 e. The third-order valence-corrected chi connectivity index (χ3v) is 7.42. The molecule has 0 radical (unpaired) electrons. The van der Waals surface area contributed by atoms with Crippen molar-refractivity contribution in [2.45, 2.75) is 50.3 Å². The molecule has 8 heteroatoms. The Kier molecular flexibility index (Phi) is 7.07. The Hall–Kier alpha value is -2.19. The van der Waals surface area contributed by atoms with Gasteiger partial charge in [-0.25, -0.2) is 0 Å². The molecule has 7 nitrogen and oxygen atoms in total. The van der Waals surface area contributed by atoms with E-state index >= 15 is 0 Å². The van der Waals surface area contributed by atoms with Crippen molar-refractivity contribution in [3.63, 3.8) is 0 Å². The first-order chi connectivity index (χ1) is 15.0. The van der Waals surface area contributed by atoms with Gasteiger partial charge in [-0.15, -0.1) is 0 Å². The minimum Gasteiger partial charge on any atom is -0.392 e. The van der Waals surface area contributed by atoms with Gasteiger partial charge in [-0.3, -0.25) is 9.59 Å². The van der Waals surface area contributed by atoms with Crippen molar-refractivity contribution in [3.8, 4) is 0 Å². The number of benzene rings is 1. The summed E-state index contributed by atoms with van der Waals surface area (Å²) in [7, 11) is 0. The number of hydrogen-bond donors (Lipinski definition) is 3. The van der Waals surface area contributed by atoms with Crippen LogP contribution in [0.2, 0.25) is 0 Å². The summed E-state index contributed by atoms with van der Waals surface area (Å²) < 4.78 is 0. The van der Waals surface area contributed by atoms with Crippen LogP contribution in [0.25, 0.3) is 0 Å². The molecule has 1 atom stereocenters. The Morgan fingerprint density at radius 1 is 1.19 bits per heavy atom. The van der Waals surface area contributed by atoms with Crippen LogP contribution < -0.4 is 16.4 Å². The zero-order chi connectivity index (χ0) is 21.8. The Labute approximate surface area is 188 Å². The highest BCUT2D eigenvalue weighted by molar-refractivity contribution is 8.04. The molecule has 3 fully saturated rings. The zero-order valence-corrected chi connectivity index (χ0v) is 19.0. The predicted octanol–water partition coefficient (Wildman–Crippen LogP) is 2.11. The monoisotopic (exact) mass is 443 g/mol. The van der Waals surface area contributed by atoms with Crippen molar-refractivity contribution in [2.75, 3.05) is 38.0 Å². The minimum atomic E-state index is -0.294. The number of nitrogens with one attached hydrogen (secondary N) is 2. The lowest BCUT2D eigenvalue weighted by molar-refractivity contribution is -0.127. The molecule has 1 aromatic rings. The molecule has 1 saturated carbocycles. The Morgan fingerprint density at radius 2 is 1.90 bits per heavy atom. The number of likely N-dealkylation sites (tertiary alicyclic amines) is 1. The van der Waals surface area contributed by atoms with Crippen LogP contribution in [0.5, 0.6) is 0 Å². The fourth-order valence-electron chi connectivity index (χ4n) is 4.04. The lowest BCUT2D eigenvalue weighted by atomic mass is 10.1. The summed E-state index contributed by atoms with van der Waals surface area (Å²) >= 11 is 1.38. The van der Waals surface area contributed by atoms with E-state index in [0.29, 0.717) is 18.1 Å². The Balaban J connectivity index is 1.31. The highest BCUT2D eigenvalue weighted by Crippen LogP contribution is 2.36. The van der Waals surface area contributed by atoms with Crippen LogP contribution in [0.15, 0.2) is 35.0 Å². The largest absolute Gasteiger partial charge is 0.392 e. The lowest BCUT2D eigenvalue weighted by Gasteiger charge is -2.16. The molecule has 2 heterocycles. The molecular weight excluding hydrogens is 410 g/mol. The number of hydrogen-bond acceptors (Lipinski definition) is 6. The molecule has 0 spiro atoms. The molecule has 2 amide bonds. The summed E-state index contributed by atoms with van der Waals surface area (Å²) in [5.74, 6) is -0.270.